The fourth-order valence-corrected chi connectivity index (χ4v) is 6.25. The second-order valence-corrected chi connectivity index (χ2v) is 11.4. The summed E-state index contributed by atoms with van der Waals surface area (Å²) in [7, 11) is 10.1. The van der Waals surface area contributed by atoms with Crippen LogP contribution >= 0.6 is 0 Å². The van der Waals surface area contributed by atoms with Crippen LogP contribution in [0.1, 0.15) is 32.7 Å². The molecule has 0 aliphatic heterocycles. The highest BCUT2D eigenvalue weighted by Crippen LogP contribution is 2.53. The van der Waals surface area contributed by atoms with Gasteiger partial charge in [-0.25, -0.2) is 4.79 Å². The van der Waals surface area contributed by atoms with E-state index < -0.39 is 69.8 Å². The van der Waals surface area contributed by atoms with E-state index in [1.54, 1.807) is 52.1 Å². The van der Waals surface area contributed by atoms with Crippen molar-refractivity contribution in [3.63, 3.8) is 0 Å². The molecule has 0 saturated heterocycles. The Morgan fingerprint density at radius 3 is 2.27 bits per heavy atom. The molecule has 6 N–H and O–H groups in total. The predicted molar refractivity (Wildman–Crippen MR) is 147 cm³/mol. The number of rotatable bonds is 7. The molecule has 0 bridgehead atoms. The third kappa shape index (κ3) is 4.53. The molecule has 13 nitrogen and oxygen atoms in total. The number of hydrogen-bond acceptors (Lipinski definition) is 12. The molecule has 3 aliphatic rings. The number of nitrogens with zero attached hydrogens (tertiary/aromatic N) is 3. The molecular weight excluding hydrogens is 536 g/mol. The molecule has 0 saturated carbocycles. The van der Waals surface area contributed by atoms with Crippen LogP contribution in [0.2, 0.25) is 0 Å². The number of hydrogen-bond donors (Lipinski definition) is 5. The number of aliphatic hydroxyl groups excluding tert-OH is 2. The van der Waals surface area contributed by atoms with E-state index in [1.807, 2.05) is 0 Å². The van der Waals surface area contributed by atoms with Crippen LogP contribution in [0.25, 0.3) is 0 Å². The van der Waals surface area contributed by atoms with Gasteiger partial charge in [0.15, 0.2) is 11.4 Å². The SMILES string of the molecule is CN(C)CCOC(=O)c1cc(N(C)C)c2c(c1O)C(=O)C1=C(O)[C@]3(O)C(=O)C(C(N)=O)=C(O)[C@@H](N(C)C)[C@@H]3C[C@@H]1C2. The Kier molecular flexibility index (Phi) is 7.67. The summed E-state index contributed by atoms with van der Waals surface area (Å²) in [6, 6.07) is 0.356. The van der Waals surface area contributed by atoms with Gasteiger partial charge >= 0.3 is 5.97 Å². The van der Waals surface area contributed by atoms with Crippen LogP contribution in [0.15, 0.2) is 28.7 Å². The van der Waals surface area contributed by atoms with Crippen molar-refractivity contribution in [2.75, 3.05) is 60.3 Å². The van der Waals surface area contributed by atoms with Gasteiger partial charge in [-0.15, -0.1) is 0 Å². The second kappa shape index (κ2) is 10.5. The van der Waals surface area contributed by atoms with E-state index in [2.05, 4.69) is 0 Å². The summed E-state index contributed by atoms with van der Waals surface area (Å²) in [4.78, 5) is 57.5. The maximum atomic E-state index is 14.0. The number of phenols is 1. The number of primary amides is 1. The minimum Gasteiger partial charge on any atom is -0.510 e. The van der Waals surface area contributed by atoms with Crippen LogP contribution in [0, 0.1) is 11.8 Å². The number of fused-ring (bicyclic) bond motifs is 3. The summed E-state index contributed by atoms with van der Waals surface area (Å²) in [5.74, 6) is -8.44. The predicted octanol–water partition coefficient (Wildman–Crippen LogP) is -0.0950. The number of Topliss-reactive ketones (excluding diaryl/α,β-unsaturated/α-hetero) is 2. The number of amides is 1. The monoisotopic (exact) mass is 572 g/mol. The smallest absolute Gasteiger partial charge is 0.342 e. The number of allylic oxidation sites excluding steroid dienone is 1. The maximum Gasteiger partial charge on any atom is 0.342 e. The molecule has 3 aliphatic carbocycles. The van der Waals surface area contributed by atoms with Crippen LogP contribution in [-0.4, -0.2) is 121 Å². The summed E-state index contributed by atoms with van der Waals surface area (Å²) in [5.41, 5.74) is 1.81. The van der Waals surface area contributed by atoms with E-state index in [0.717, 1.165) is 0 Å². The van der Waals surface area contributed by atoms with Gasteiger partial charge in [-0.05, 0) is 58.6 Å². The highest BCUT2D eigenvalue weighted by atomic mass is 16.5. The van der Waals surface area contributed by atoms with Gasteiger partial charge in [-0.2, -0.15) is 0 Å². The van der Waals surface area contributed by atoms with E-state index in [-0.39, 0.29) is 36.1 Å². The Morgan fingerprint density at radius 2 is 1.73 bits per heavy atom. The van der Waals surface area contributed by atoms with Crippen molar-refractivity contribution in [2.24, 2.45) is 17.6 Å². The zero-order valence-electron chi connectivity index (χ0n) is 23.9. The highest BCUT2D eigenvalue weighted by Gasteiger charge is 2.63. The van der Waals surface area contributed by atoms with E-state index in [4.69, 9.17) is 10.5 Å². The van der Waals surface area contributed by atoms with Crippen molar-refractivity contribution in [1.29, 1.82) is 0 Å². The lowest BCUT2D eigenvalue weighted by atomic mass is 9.58. The van der Waals surface area contributed by atoms with Gasteiger partial charge in [0.05, 0.1) is 11.6 Å². The number of carbonyl (C=O) groups excluding carboxylic acids is 4. The number of aliphatic hydroxyl groups is 3. The van der Waals surface area contributed by atoms with Gasteiger partial charge in [-0.1, -0.05) is 0 Å². The number of nitrogens with two attached hydrogens (primary N) is 1. The largest absolute Gasteiger partial charge is 0.510 e. The van der Waals surface area contributed by atoms with Crippen LogP contribution in [0.5, 0.6) is 5.75 Å². The molecule has 0 aromatic heterocycles. The van der Waals surface area contributed by atoms with Crippen LogP contribution in [0.3, 0.4) is 0 Å². The minimum atomic E-state index is -2.74. The fourth-order valence-electron chi connectivity index (χ4n) is 6.25. The Labute approximate surface area is 237 Å². The molecular formula is C28H36N4O9. The molecule has 222 valence electrons. The maximum absolute atomic E-state index is 14.0. The molecule has 1 aromatic carbocycles. The zero-order valence-corrected chi connectivity index (χ0v) is 23.9. The van der Waals surface area contributed by atoms with Gasteiger partial charge in [0, 0.05) is 37.8 Å². The number of phenolic OH excluding ortho intramolecular Hbond substituents is 1. The lowest BCUT2D eigenvalue weighted by Crippen LogP contribution is -2.63. The molecule has 1 aromatic rings. The molecule has 1 amide bonds. The standard InChI is InChI=1S/C28H36N4O9/c1-30(2)7-8-41-27(39)14-11-16(31(3)4)13-9-12-10-15-20(32(5)6)23(35)19(26(29)38)25(37)28(15,40)24(36)17(12)22(34)18(13)21(14)33/h11-12,15,20,33,35-36,40H,7-10H2,1-6H3,(H2,29,38)/t12-,15-,20-,28-/m0/s1. The number of carbonyl (C=O) groups is 4. The van der Waals surface area contributed by atoms with Crippen molar-refractivity contribution in [3.8, 4) is 5.75 Å². The lowest BCUT2D eigenvalue weighted by molar-refractivity contribution is -0.148. The molecule has 0 spiro atoms. The van der Waals surface area contributed by atoms with Gasteiger partial charge in [0.1, 0.15) is 35.0 Å². The number of likely N-dealkylation sites (N-methyl/N-ethyl adjacent to an activating group) is 2. The first-order valence-electron chi connectivity index (χ1n) is 13.1. The molecule has 0 heterocycles. The Balaban J connectivity index is 1.90. The average molecular weight is 573 g/mol. The number of anilines is 1. The molecule has 0 unspecified atom stereocenters. The van der Waals surface area contributed by atoms with E-state index >= 15 is 0 Å². The number of benzene rings is 1. The second-order valence-electron chi connectivity index (χ2n) is 11.4. The molecule has 13 heteroatoms. The first kappa shape index (κ1) is 30.0. The van der Waals surface area contributed by atoms with Gasteiger partial charge in [0.2, 0.25) is 5.78 Å². The highest BCUT2D eigenvalue weighted by molar-refractivity contribution is 6.25. The lowest BCUT2D eigenvalue weighted by Gasteiger charge is -2.50. The molecule has 0 fully saturated rings. The third-order valence-electron chi connectivity index (χ3n) is 8.17. The zero-order chi connectivity index (χ0) is 30.7. The normalized spacial score (nSPS) is 25.7. The third-order valence-corrected chi connectivity index (χ3v) is 8.17. The Bertz CT molecular complexity index is 1410. The number of esters is 1. The van der Waals surface area contributed by atoms with Crippen molar-refractivity contribution in [2.45, 2.75) is 24.5 Å². The quantitative estimate of drug-likeness (QED) is 0.216. The minimum absolute atomic E-state index is 0.0340. The summed E-state index contributed by atoms with van der Waals surface area (Å²) >= 11 is 0. The van der Waals surface area contributed by atoms with E-state index in [1.165, 1.54) is 11.0 Å². The molecule has 4 atom stereocenters. The average Bonchev–Trinajstić information content (AvgIpc) is 2.85. The molecule has 4 rings (SSSR count). The van der Waals surface area contributed by atoms with E-state index in [0.29, 0.717) is 17.8 Å². The van der Waals surface area contributed by atoms with Crippen molar-refractivity contribution < 1.29 is 44.3 Å². The Hall–Kier alpha value is -3.94. The topological polar surface area (TPSA) is 194 Å². The van der Waals surface area contributed by atoms with Gasteiger partial charge in [-0.3, -0.25) is 19.3 Å². The van der Waals surface area contributed by atoms with Gasteiger partial charge in [0.25, 0.3) is 5.91 Å². The van der Waals surface area contributed by atoms with Crippen LogP contribution in [0.4, 0.5) is 5.69 Å². The first-order chi connectivity index (χ1) is 19.0. The summed E-state index contributed by atoms with van der Waals surface area (Å²) in [6.07, 6.45) is 0.0687. The fraction of sp³-hybridized carbons (Fsp3) is 0.500. The Morgan fingerprint density at radius 1 is 1.10 bits per heavy atom. The van der Waals surface area contributed by atoms with Crippen molar-refractivity contribution >= 4 is 29.1 Å². The van der Waals surface area contributed by atoms with Crippen molar-refractivity contribution in [1.82, 2.24) is 9.80 Å². The molecule has 41 heavy (non-hydrogen) atoms. The summed E-state index contributed by atoms with van der Waals surface area (Å²) < 4.78 is 5.29. The van der Waals surface area contributed by atoms with Crippen LogP contribution in [-0.2, 0) is 20.7 Å². The summed E-state index contributed by atoms with van der Waals surface area (Å²) in [6.45, 7) is 0.464. The number of ketones is 2. The molecule has 0 radical (unpaired) electrons. The van der Waals surface area contributed by atoms with Gasteiger partial charge < -0.3 is 40.7 Å². The summed E-state index contributed by atoms with van der Waals surface area (Å²) in [5, 5.41) is 45.3. The number of ether oxygens (including phenoxy) is 1. The first-order valence-corrected chi connectivity index (χ1v) is 13.1. The number of aromatic hydroxyl groups is 1. The van der Waals surface area contributed by atoms with E-state index in [9.17, 15) is 39.6 Å². The van der Waals surface area contributed by atoms with Crippen LogP contribution < -0.4 is 10.6 Å². The van der Waals surface area contributed by atoms with Crippen molar-refractivity contribution in [3.05, 3.63) is 45.4 Å².